The Kier molecular flexibility index (Phi) is 6.92. The number of hydrogen-bond donors (Lipinski definition) is 0. The molecule has 0 saturated heterocycles. The molecule has 2 aromatic heterocycles. The van der Waals surface area contributed by atoms with Gasteiger partial charge in [-0.25, -0.2) is 15.0 Å². The molecule has 0 spiro atoms. The van der Waals surface area contributed by atoms with Crippen LogP contribution in [0.3, 0.4) is 0 Å². The van der Waals surface area contributed by atoms with Crippen LogP contribution >= 0.6 is 0 Å². The van der Waals surface area contributed by atoms with E-state index in [-0.39, 0.29) is 0 Å². The van der Waals surface area contributed by atoms with Crippen molar-refractivity contribution in [3.8, 4) is 45.3 Å². The first-order chi connectivity index (χ1) is 26.7. The minimum atomic E-state index is 0.359. The number of benzene rings is 7. The molecule has 254 valence electrons. The van der Waals surface area contributed by atoms with Gasteiger partial charge in [0.15, 0.2) is 17.5 Å². The minimum Gasteiger partial charge on any atom is -0.456 e. The molecule has 0 fully saturated rings. The number of aromatic nitrogens is 3. The Labute approximate surface area is 312 Å². The zero-order chi connectivity index (χ0) is 35.6. The summed E-state index contributed by atoms with van der Waals surface area (Å²) in [4.78, 5) is 17.6. The van der Waals surface area contributed by atoms with Crippen molar-refractivity contribution in [2.75, 3.05) is 4.90 Å². The highest BCUT2D eigenvalue weighted by Gasteiger charge is 2.36. The molecule has 0 bridgehead atoms. The van der Waals surface area contributed by atoms with Crippen LogP contribution in [0.4, 0.5) is 11.4 Å². The smallest absolute Gasteiger partial charge is 0.164 e. The summed E-state index contributed by atoms with van der Waals surface area (Å²) in [5.41, 5.74) is 11.9. The highest BCUT2D eigenvalue weighted by atomic mass is 16.3. The van der Waals surface area contributed by atoms with Crippen LogP contribution in [0.1, 0.15) is 17.9 Å². The number of nitrogens with zero attached hydrogens (tertiary/aromatic N) is 4. The third-order valence-corrected chi connectivity index (χ3v) is 10.8. The topological polar surface area (TPSA) is 55.1 Å². The highest BCUT2D eigenvalue weighted by molar-refractivity contribution is 6.06. The minimum absolute atomic E-state index is 0.359. The second-order valence-corrected chi connectivity index (χ2v) is 14.0. The lowest BCUT2D eigenvalue weighted by Crippen LogP contribution is -2.14. The summed E-state index contributed by atoms with van der Waals surface area (Å²) < 4.78 is 6.12. The Morgan fingerprint density at radius 2 is 1.17 bits per heavy atom. The summed E-state index contributed by atoms with van der Waals surface area (Å²) in [5.74, 6) is 2.23. The third kappa shape index (κ3) is 4.97. The molecule has 2 aliphatic rings. The van der Waals surface area contributed by atoms with Crippen molar-refractivity contribution in [1.29, 1.82) is 0 Å². The number of furan rings is 1. The van der Waals surface area contributed by atoms with Gasteiger partial charge in [-0.1, -0.05) is 127 Å². The van der Waals surface area contributed by atoms with Gasteiger partial charge in [0.2, 0.25) is 0 Å². The van der Waals surface area contributed by atoms with Gasteiger partial charge in [0.25, 0.3) is 0 Å². The fourth-order valence-corrected chi connectivity index (χ4v) is 8.20. The van der Waals surface area contributed by atoms with Crippen molar-refractivity contribution < 1.29 is 4.42 Å². The van der Waals surface area contributed by atoms with Crippen LogP contribution in [0.25, 0.3) is 78.0 Å². The summed E-state index contributed by atoms with van der Waals surface area (Å²) in [6.45, 7) is 0. The third-order valence-electron chi connectivity index (χ3n) is 10.8. The summed E-state index contributed by atoms with van der Waals surface area (Å²) in [7, 11) is 0. The number of para-hydroxylation sites is 1. The number of rotatable bonds is 5. The van der Waals surface area contributed by atoms with E-state index in [1.807, 2.05) is 60.7 Å². The zero-order valence-electron chi connectivity index (χ0n) is 29.2. The summed E-state index contributed by atoms with van der Waals surface area (Å²) in [6.07, 6.45) is 7.77. The van der Waals surface area contributed by atoms with Crippen LogP contribution < -0.4 is 4.90 Å². The fraction of sp³-hybridized carbons (Fsp3) is 0.0408. The Balaban J connectivity index is 0.987. The van der Waals surface area contributed by atoms with Gasteiger partial charge in [0.1, 0.15) is 11.2 Å². The molecule has 0 saturated carbocycles. The zero-order valence-corrected chi connectivity index (χ0v) is 29.2. The van der Waals surface area contributed by atoms with E-state index in [1.54, 1.807) is 0 Å². The van der Waals surface area contributed by atoms with Gasteiger partial charge in [0.05, 0.1) is 5.69 Å². The molecule has 1 aliphatic carbocycles. The first-order valence-electron chi connectivity index (χ1n) is 18.4. The van der Waals surface area contributed by atoms with E-state index in [9.17, 15) is 0 Å². The Bertz CT molecular complexity index is 2980. The first kappa shape index (κ1) is 30.5. The second-order valence-electron chi connectivity index (χ2n) is 14.0. The maximum atomic E-state index is 6.12. The van der Waals surface area contributed by atoms with E-state index < -0.39 is 0 Å². The predicted molar refractivity (Wildman–Crippen MR) is 220 cm³/mol. The molecule has 9 aromatic rings. The molecule has 0 N–H and O–H groups in total. The molecule has 5 nitrogen and oxygen atoms in total. The molecule has 1 aliphatic heterocycles. The van der Waals surface area contributed by atoms with Gasteiger partial charge in [0, 0.05) is 50.2 Å². The lowest BCUT2D eigenvalue weighted by atomic mass is 9.91. The first-order valence-corrected chi connectivity index (χ1v) is 18.4. The Morgan fingerprint density at radius 3 is 2.02 bits per heavy atom. The van der Waals surface area contributed by atoms with Crippen LogP contribution in [0.2, 0.25) is 0 Å². The van der Waals surface area contributed by atoms with Crippen LogP contribution in [-0.4, -0.2) is 15.0 Å². The Morgan fingerprint density at radius 1 is 0.500 bits per heavy atom. The van der Waals surface area contributed by atoms with Gasteiger partial charge in [-0.3, -0.25) is 0 Å². The maximum Gasteiger partial charge on any atom is 0.164 e. The lowest BCUT2D eigenvalue weighted by molar-refractivity contribution is 0.669. The predicted octanol–water partition coefficient (Wildman–Crippen LogP) is 12.7. The van der Waals surface area contributed by atoms with E-state index in [0.717, 1.165) is 61.9 Å². The molecule has 7 aromatic carbocycles. The Hall–Kier alpha value is -7.11. The average molecular weight is 693 g/mol. The second kappa shape index (κ2) is 12.2. The van der Waals surface area contributed by atoms with Crippen molar-refractivity contribution in [2.24, 2.45) is 0 Å². The molecular weight excluding hydrogens is 661 g/mol. The van der Waals surface area contributed by atoms with Crippen molar-refractivity contribution in [2.45, 2.75) is 12.3 Å². The van der Waals surface area contributed by atoms with Gasteiger partial charge >= 0.3 is 0 Å². The molecule has 54 heavy (non-hydrogen) atoms. The van der Waals surface area contributed by atoms with Gasteiger partial charge < -0.3 is 9.32 Å². The van der Waals surface area contributed by atoms with Gasteiger partial charge in [-0.15, -0.1) is 0 Å². The van der Waals surface area contributed by atoms with Gasteiger partial charge in [-0.05, 0) is 77.0 Å². The van der Waals surface area contributed by atoms with Crippen LogP contribution in [0.5, 0.6) is 0 Å². The van der Waals surface area contributed by atoms with E-state index >= 15 is 0 Å². The molecule has 3 heterocycles. The number of hydrogen-bond acceptors (Lipinski definition) is 5. The van der Waals surface area contributed by atoms with Crippen molar-refractivity contribution >= 4 is 44.1 Å². The van der Waals surface area contributed by atoms with E-state index in [1.165, 1.54) is 27.7 Å². The number of allylic oxidation sites excluding steroid dienone is 4. The van der Waals surface area contributed by atoms with Crippen molar-refractivity contribution in [1.82, 2.24) is 15.0 Å². The quantitative estimate of drug-likeness (QED) is 0.180. The highest BCUT2D eigenvalue weighted by Crippen LogP contribution is 2.53. The van der Waals surface area contributed by atoms with E-state index in [4.69, 9.17) is 19.4 Å². The molecule has 11 rings (SSSR count). The van der Waals surface area contributed by atoms with Gasteiger partial charge in [-0.2, -0.15) is 0 Å². The largest absolute Gasteiger partial charge is 0.456 e. The van der Waals surface area contributed by atoms with Crippen molar-refractivity contribution in [3.05, 3.63) is 187 Å². The number of anilines is 2. The normalized spacial score (nSPS) is 14.8. The standard InChI is InChI=1S/C49H32N4O/c1-2-12-33(13-3-1)47-50-48(52-49(51-47)36-24-28-45-42(30-36)40-18-7-9-20-44(40)54-45)35-15-10-14-34(29-35)31-21-25-37(26-22-31)53-43-19-8-6-17-39(43)41-27-23-32-11-4-5-16-38(32)46(41)53/h1-16,18-30,39H,17H2. The summed E-state index contributed by atoms with van der Waals surface area (Å²) in [6, 6.07) is 55.1. The van der Waals surface area contributed by atoms with Crippen molar-refractivity contribution in [3.63, 3.8) is 0 Å². The average Bonchev–Trinajstić information content (AvgIpc) is 3.80. The lowest BCUT2D eigenvalue weighted by Gasteiger charge is -2.25. The fourth-order valence-electron chi connectivity index (χ4n) is 8.20. The monoisotopic (exact) mass is 692 g/mol. The summed E-state index contributed by atoms with van der Waals surface area (Å²) in [5, 5.41) is 4.65. The molecule has 0 amide bonds. The molecule has 0 radical (unpaired) electrons. The van der Waals surface area contributed by atoms with Crippen LogP contribution in [-0.2, 0) is 0 Å². The molecule has 1 unspecified atom stereocenters. The SMILES string of the molecule is C1=CCC2C(=C1)N(c1ccc(-c3cccc(-c4nc(-c5ccccc5)nc(-c5ccc6oc7ccccc7c6c5)n4)c3)cc1)c1c2ccc2ccccc12. The molecule has 1 atom stereocenters. The van der Waals surface area contributed by atoms with Crippen LogP contribution in [0.15, 0.2) is 186 Å². The maximum absolute atomic E-state index is 6.12. The molecule has 5 heteroatoms. The van der Waals surface area contributed by atoms with E-state index in [2.05, 4.69) is 120 Å². The van der Waals surface area contributed by atoms with E-state index in [0.29, 0.717) is 23.4 Å². The van der Waals surface area contributed by atoms with Crippen LogP contribution in [0, 0.1) is 0 Å². The number of fused-ring (bicyclic) bond motifs is 8. The summed E-state index contributed by atoms with van der Waals surface area (Å²) >= 11 is 0. The molecular formula is C49H32N4O.